The molecule has 0 saturated carbocycles. The molecule has 1 atom stereocenters. The molecule has 7 heteroatoms. The number of carbonyl (C=O) groups is 2. The molecule has 27 heavy (non-hydrogen) atoms. The molecule has 2 N–H and O–H groups in total. The first-order valence-electron chi connectivity index (χ1n) is 9.07. The number of aryl methyl sites for hydroxylation is 1. The Labute approximate surface area is 159 Å². The van der Waals surface area contributed by atoms with Gasteiger partial charge in [0, 0.05) is 44.0 Å². The molecule has 2 heterocycles. The number of aromatic nitrogens is 2. The lowest BCUT2D eigenvalue weighted by Crippen LogP contribution is -2.44. The summed E-state index contributed by atoms with van der Waals surface area (Å²) in [6, 6.07) is 9.32. The van der Waals surface area contributed by atoms with E-state index >= 15 is 0 Å². The molecule has 0 spiro atoms. The molecule has 2 aromatic rings. The predicted octanol–water partition coefficient (Wildman–Crippen LogP) is 1.86. The molecule has 142 valence electrons. The molecule has 1 unspecified atom stereocenters. The largest absolute Gasteiger partial charge is 0.369 e. The molecule has 1 aliphatic heterocycles. The third-order valence-corrected chi connectivity index (χ3v) is 4.78. The van der Waals surface area contributed by atoms with Crippen molar-refractivity contribution in [1.82, 2.24) is 14.9 Å². The summed E-state index contributed by atoms with van der Waals surface area (Å²) >= 11 is 0. The van der Waals surface area contributed by atoms with Crippen molar-refractivity contribution in [1.29, 1.82) is 0 Å². The van der Waals surface area contributed by atoms with E-state index in [2.05, 4.69) is 9.97 Å². The second-order valence-electron chi connectivity index (χ2n) is 7.16. The number of carbonyl (C=O) groups excluding carboxylic acids is 2. The number of benzene rings is 1. The highest BCUT2D eigenvalue weighted by atomic mass is 16.2. The zero-order chi connectivity index (χ0) is 19.6. The van der Waals surface area contributed by atoms with Crippen molar-refractivity contribution in [3.8, 4) is 11.3 Å². The number of hydrogen-bond donors (Lipinski definition) is 1. The van der Waals surface area contributed by atoms with Crippen molar-refractivity contribution < 1.29 is 9.59 Å². The Bertz CT molecular complexity index is 848. The van der Waals surface area contributed by atoms with Gasteiger partial charge in [0.1, 0.15) is 0 Å². The van der Waals surface area contributed by atoms with Gasteiger partial charge in [0.05, 0.1) is 11.6 Å². The van der Waals surface area contributed by atoms with Crippen LogP contribution < -0.4 is 10.6 Å². The number of amides is 2. The minimum atomic E-state index is -0.335. The van der Waals surface area contributed by atoms with Gasteiger partial charge in [-0.25, -0.2) is 9.97 Å². The molecule has 3 rings (SSSR count). The molecule has 1 aromatic carbocycles. The van der Waals surface area contributed by atoms with Gasteiger partial charge in [-0.15, -0.1) is 0 Å². The summed E-state index contributed by atoms with van der Waals surface area (Å²) in [5, 5.41) is 0. The highest BCUT2D eigenvalue weighted by Crippen LogP contribution is 2.23. The molecule has 1 fully saturated rings. The monoisotopic (exact) mass is 367 g/mol. The van der Waals surface area contributed by atoms with Gasteiger partial charge in [-0.3, -0.25) is 9.59 Å². The number of likely N-dealkylation sites (tertiary alicyclic amines) is 1. The minimum absolute atomic E-state index is 0.0691. The van der Waals surface area contributed by atoms with Gasteiger partial charge < -0.3 is 15.5 Å². The first-order valence-corrected chi connectivity index (χ1v) is 9.07. The van der Waals surface area contributed by atoms with Gasteiger partial charge >= 0.3 is 0 Å². The Hall–Kier alpha value is -2.96. The molecule has 0 radical (unpaired) electrons. The van der Waals surface area contributed by atoms with E-state index in [4.69, 9.17) is 5.73 Å². The number of hydrogen-bond acceptors (Lipinski definition) is 5. The van der Waals surface area contributed by atoms with Crippen LogP contribution in [-0.2, 0) is 4.79 Å². The van der Waals surface area contributed by atoms with Gasteiger partial charge in [0.15, 0.2) is 0 Å². The highest BCUT2D eigenvalue weighted by Gasteiger charge is 2.27. The lowest BCUT2D eigenvalue weighted by atomic mass is 9.96. The summed E-state index contributed by atoms with van der Waals surface area (Å²) in [6.45, 7) is 2.98. The predicted molar refractivity (Wildman–Crippen MR) is 104 cm³/mol. The van der Waals surface area contributed by atoms with Gasteiger partial charge in [-0.1, -0.05) is 12.1 Å². The van der Waals surface area contributed by atoms with Crippen LogP contribution in [0.25, 0.3) is 11.3 Å². The van der Waals surface area contributed by atoms with Crippen molar-refractivity contribution in [3.63, 3.8) is 0 Å². The molecule has 1 aromatic heterocycles. The fourth-order valence-corrected chi connectivity index (χ4v) is 3.26. The van der Waals surface area contributed by atoms with Crippen molar-refractivity contribution in [2.75, 3.05) is 32.1 Å². The number of piperidine rings is 1. The topological polar surface area (TPSA) is 92.4 Å². The Kier molecular flexibility index (Phi) is 5.39. The average Bonchev–Trinajstić information content (AvgIpc) is 2.67. The SMILES string of the molecule is Cc1cc(-c2ccc(C(=O)N3CCCC(C(N)=O)C3)cc2)nc(N(C)C)n1. The quantitative estimate of drug-likeness (QED) is 0.890. The molecule has 2 amide bonds. The van der Waals surface area contributed by atoms with Crippen LogP contribution in [0.5, 0.6) is 0 Å². The number of primary amides is 1. The minimum Gasteiger partial charge on any atom is -0.369 e. The lowest BCUT2D eigenvalue weighted by molar-refractivity contribution is -0.123. The Balaban J connectivity index is 1.79. The molecule has 1 aliphatic rings. The first kappa shape index (κ1) is 18.8. The fraction of sp³-hybridized carbons (Fsp3) is 0.400. The van der Waals surface area contributed by atoms with Crippen LogP contribution >= 0.6 is 0 Å². The molecule has 0 aliphatic carbocycles. The maximum absolute atomic E-state index is 12.8. The van der Waals surface area contributed by atoms with Crippen molar-refractivity contribution in [3.05, 3.63) is 41.6 Å². The molecule has 0 bridgehead atoms. The lowest BCUT2D eigenvalue weighted by Gasteiger charge is -2.31. The maximum atomic E-state index is 12.8. The van der Waals surface area contributed by atoms with Crippen LogP contribution in [0, 0.1) is 12.8 Å². The van der Waals surface area contributed by atoms with E-state index in [0.29, 0.717) is 24.6 Å². The summed E-state index contributed by atoms with van der Waals surface area (Å²) in [4.78, 5) is 36.7. The zero-order valence-corrected chi connectivity index (χ0v) is 16.0. The first-order chi connectivity index (χ1) is 12.8. The molecular formula is C20H25N5O2. The number of nitrogens with two attached hydrogens (primary N) is 1. The van der Waals surface area contributed by atoms with Gasteiger partial charge in [0.25, 0.3) is 5.91 Å². The second-order valence-corrected chi connectivity index (χ2v) is 7.16. The maximum Gasteiger partial charge on any atom is 0.253 e. The summed E-state index contributed by atoms with van der Waals surface area (Å²) in [6.07, 6.45) is 1.55. The standard InChI is InChI=1S/C20H25N5O2/c1-13-11-17(23-20(22-13)24(2)3)14-6-8-15(9-7-14)19(27)25-10-4-5-16(12-25)18(21)26/h6-9,11,16H,4-5,10,12H2,1-3H3,(H2,21,26). The third kappa shape index (κ3) is 4.24. The van der Waals surface area contributed by atoms with E-state index in [1.807, 2.05) is 44.1 Å². The van der Waals surface area contributed by atoms with E-state index in [9.17, 15) is 9.59 Å². The van der Waals surface area contributed by atoms with Crippen molar-refractivity contribution in [2.45, 2.75) is 19.8 Å². The van der Waals surface area contributed by atoms with E-state index < -0.39 is 0 Å². The zero-order valence-electron chi connectivity index (χ0n) is 16.0. The van der Waals surface area contributed by atoms with Crippen molar-refractivity contribution >= 4 is 17.8 Å². The van der Waals surface area contributed by atoms with E-state index in [1.165, 1.54) is 0 Å². The number of nitrogens with zero attached hydrogens (tertiary/aromatic N) is 4. The fourth-order valence-electron chi connectivity index (χ4n) is 3.26. The molecular weight excluding hydrogens is 342 g/mol. The summed E-state index contributed by atoms with van der Waals surface area (Å²) in [5.74, 6) is -0.00888. The Morgan fingerprint density at radius 1 is 1.19 bits per heavy atom. The molecule has 1 saturated heterocycles. The third-order valence-electron chi connectivity index (χ3n) is 4.78. The molecule has 7 nitrogen and oxygen atoms in total. The number of anilines is 1. The smallest absolute Gasteiger partial charge is 0.253 e. The summed E-state index contributed by atoms with van der Waals surface area (Å²) in [7, 11) is 3.80. The Morgan fingerprint density at radius 3 is 2.52 bits per heavy atom. The van der Waals surface area contributed by atoms with E-state index in [1.54, 1.807) is 17.0 Å². The highest BCUT2D eigenvalue weighted by molar-refractivity contribution is 5.95. The van der Waals surface area contributed by atoms with Crippen LogP contribution in [0.2, 0.25) is 0 Å². The van der Waals surface area contributed by atoms with Crippen LogP contribution in [0.15, 0.2) is 30.3 Å². The van der Waals surface area contributed by atoms with Crippen LogP contribution in [0.4, 0.5) is 5.95 Å². The van der Waals surface area contributed by atoms with Crippen LogP contribution in [0.3, 0.4) is 0 Å². The normalized spacial score (nSPS) is 16.9. The number of rotatable bonds is 4. The average molecular weight is 367 g/mol. The van der Waals surface area contributed by atoms with Crippen LogP contribution in [0.1, 0.15) is 28.9 Å². The van der Waals surface area contributed by atoms with E-state index in [0.717, 1.165) is 29.8 Å². The van der Waals surface area contributed by atoms with Gasteiger partial charge in [-0.2, -0.15) is 0 Å². The summed E-state index contributed by atoms with van der Waals surface area (Å²) < 4.78 is 0. The van der Waals surface area contributed by atoms with Gasteiger partial charge in [-0.05, 0) is 38.0 Å². The van der Waals surface area contributed by atoms with Gasteiger partial charge in [0.2, 0.25) is 11.9 Å². The Morgan fingerprint density at radius 2 is 1.89 bits per heavy atom. The van der Waals surface area contributed by atoms with Crippen LogP contribution in [-0.4, -0.2) is 53.9 Å². The van der Waals surface area contributed by atoms with Crippen molar-refractivity contribution in [2.24, 2.45) is 11.7 Å². The second kappa shape index (κ2) is 7.73. The summed E-state index contributed by atoms with van der Waals surface area (Å²) in [5.41, 5.74) is 8.63. The van der Waals surface area contributed by atoms with E-state index in [-0.39, 0.29) is 17.7 Å².